The molecule has 0 amide bonds. The molecule has 3 aromatic rings. The maximum absolute atomic E-state index is 10.5. The summed E-state index contributed by atoms with van der Waals surface area (Å²) in [7, 11) is 0. The van der Waals surface area contributed by atoms with Crippen molar-refractivity contribution in [2.24, 2.45) is 0 Å². The SMILES string of the molecule is O=C(O)Oc1cc2oc3ccccc3c2cc1O. The number of carbonyl (C=O) groups is 1. The standard InChI is InChI=1S/C13H8O5/c14-9-5-8-7-3-1-2-4-10(7)17-11(8)6-12(9)18-13(15)16/h1-6,14H,(H,15,16). The zero-order valence-corrected chi connectivity index (χ0v) is 9.08. The van der Waals surface area contributed by atoms with Crippen molar-refractivity contribution in [1.29, 1.82) is 0 Å². The van der Waals surface area contributed by atoms with E-state index in [4.69, 9.17) is 9.52 Å². The lowest BCUT2D eigenvalue weighted by Gasteiger charge is -2.02. The number of phenolic OH excluding ortho intramolecular Hbond substituents is 1. The molecule has 2 N–H and O–H groups in total. The van der Waals surface area contributed by atoms with Crippen molar-refractivity contribution in [3.05, 3.63) is 36.4 Å². The summed E-state index contributed by atoms with van der Waals surface area (Å²) in [6, 6.07) is 10.1. The first kappa shape index (κ1) is 10.5. The molecule has 0 aliphatic heterocycles. The van der Waals surface area contributed by atoms with Crippen molar-refractivity contribution in [2.45, 2.75) is 0 Å². The largest absolute Gasteiger partial charge is 0.511 e. The minimum absolute atomic E-state index is 0.144. The molecule has 0 aliphatic carbocycles. The van der Waals surface area contributed by atoms with E-state index in [1.807, 2.05) is 18.2 Å². The first-order valence-electron chi connectivity index (χ1n) is 5.20. The molecule has 1 heterocycles. The summed E-state index contributed by atoms with van der Waals surface area (Å²) in [6.07, 6.45) is -1.49. The van der Waals surface area contributed by atoms with Crippen LogP contribution < -0.4 is 4.74 Å². The van der Waals surface area contributed by atoms with E-state index in [9.17, 15) is 9.90 Å². The highest BCUT2D eigenvalue weighted by atomic mass is 16.7. The number of aromatic hydroxyl groups is 1. The first-order chi connectivity index (χ1) is 8.65. The summed E-state index contributed by atoms with van der Waals surface area (Å²) in [5, 5.41) is 19.8. The molecular weight excluding hydrogens is 236 g/mol. The van der Waals surface area contributed by atoms with Gasteiger partial charge in [-0.3, -0.25) is 0 Å². The Morgan fingerprint density at radius 1 is 1.11 bits per heavy atom. The summed E-state index contributed by atoms with van der Waals surface area (Å²) >= 11 is 0. The van der Waals surface area contributed by atoms with Crippen LogP contribution in [0.1, 0.15) is 0 Å². The van der Waals surface area contributed by atoms with Gasteiger partial charge in [-0.2, -0.15) is 0 Å². The molecule has 5 nitrogen and oxygen atoms in total. The van der Waals surface area contributed by atoms with Gasteiger partial charge in [0.25, 0.3) is 0 Å². The molecule has 2 aromatic carbocycles. The van der Waals surface area contributed by atoms with Crippen LogP contribution in [0.2, 0.25) is 0 Å². The maximum atomic E-state index is 10.5. The molecule has 0 unspecified atom stereocenters. The zero-order chi connectivity index (χ0) is 12.7. The number of hydrogen-bond donors (Lipinski definition) is 2. The predicted octanol–water partition coefficient (Wildman–Crippen LogP) is 3.35. The number of ether oxygens (including phenoxy) is 1. The summed E-state index contributed by atoms with van der Waals surface area (Å²) in [5.74, 6) is -0.384. The summed E-state index contributed by atoms with van der Waals surface area (Å²) in [6.45, 7) is 0. The molecule has 1 aromatic heterocycles. The second-order valence-corrected chi connectivity index (χ2v) is 3.78. The molecule has 18 heavy (non-hydrogen) atoms. The molecular formula is C13H8O5. The van der Waals surface area contributed by atoms with Crippen molar-refractivity contribution >= 4 is 28.1 Å². The number of fused-ring (bicyclic) bond motifs is 3. The van der Waals surface area contributed by atoms with E-state index < -0.39 is 6.16 Å². The normalized spacial score (nSPS) is 10.9. The third-order valence-corrected chi connectivity index (χ3v) is 2.66. The zero-order valence-electron chi connectivity index (χ0n) is 9.08. The van der Waals surface area contributed by atoms with Gasteiger partial charge in [0.1, 0.15) is 11.2 Å². The molecule has 0 radical (unpaired) electrons. The lowest BCUT2D eigenvalue weighted by atomic mass is 10.1. The van der Waals surface area contributed by atoms with Crippen LogP contribution in [0.5, 0.6) is 11.5 Å². The average Bonchev–Trinajstić information content (AvgIpc) is 2.67. The Labute approximate surface area is 101 Å². The van der Waals surface area contributed by atoms with Gasteiger partial charge in [-0.05, 0) is 12.1 Å². The highest BCUT2D eigenvalue weighted by Gasteiger charge is 2.13. The fraction of sp³-hybridized carbons (Fsp3) is 0. The molecule has 0 bridgehead atoms. The van der Waals surface area contributed by atoms with Crippen molar-refractivity contribution < 1.29 is 24.2 Å². The summed E-state index contributed by atoms with van der Waals surface area (Å²) in [5.41, 5.74) is 1.13. The monoisotopic (exact) mass is 244 g/mol. The lowest BCUT2D eigenvalue weighted by molar-refractivity contribution is 0.143. The topological polar surface area (TPSA) is 79.9 Å². The number of rotatable bonds is 1. The Morgan fingerprint density at radius 2 is 1.89 bits per heavy atom. The van der Waals surface area contributed by atoms with Crippen molar-refractivity contribution in [1.82, 2.24) is 0 Å². The average molecular weight is 244 g/mol. The number of para-hydroxylation sites is 1. The molecule has 0 saturated carbocycles. The third kappa shape index (κ3) is 1.53. The summed E-state index contributed by atoms with van der Waals surface area (Å²) in [4.78, 5) is 10.5. The Balaban J connectivity index is 2.29. The molecule has 5 heteroatoms. The van der Waals surface area contributed by atoms with Crippen LogP contribution in [-0.2, 0) is 0 Å². The van der Waals surface area contributed by atoms with Gasteiger partial charge in [0.2, 0.25) is 0 Å². The van der Waals surface area contributed by atoms with Crippen LogP contribution in [0.25, 0.3) is 21.9 Å². The first-order valence-corrected chi connectivity index (χ1v) is 5.20. The number of phenols is 1. The van der Waals surface area contributed by atoms with Gasteiger partial charge in [-0.15, -0.1) is 0 Å². The van der Waals surface area contributed by atoms with E-state index >= 15 is 0 Å². The molecule has 90 valence electrons. The van der Waals surface area contributed by atoms with Crippen LogP contribution in [0.15, 0.2) is 40.8 Å². The van der Waals surface area contributed by atoms with Gasteiger partial charge in [-0.1, -0.05) is 18.2 Å². The van der Waals surface area contributed by atoms with Crippen molar-refractivity contribution in [2.75, 3.05) is 0 Å². The number of benzene rings is 2. The van der Waals surface area contributed by atoms with Crippen LogP contribution in [0, 0.1) is 0 Å². The minimum atomic E-state index is -1.49. The third-order valence-electron chi connectivity index (χ3n) is 2.66. The molecule has 0 fully saturated rings. The van der Waals surface area contributed by atoms with Gasteiger partial charge >= 0.3 is 6.16 Å². The molecule has 3 rings (SSSR count). The fourth-order valence-corrected chi connectivity index (χ4v) is 1.92. The highest BCUT2D eigenvalue weighted by molar-refractivity contribution is 6.06. The second kappa shape index (κ2) is 3.66. The van der Waals surface area contributed by atoms with E-state index in [2.05, 4.69) is 4.74 Å². The number of hydrogen-bond acceptors (Lipinski definition) is 4. The Morgan fingerprint density at radius 3 is 2.67 bits per heavy atom. The van der Waals surface area contributed by atoms with Gasteiger partial charge in [0, 0.05) is 16.8 Å². The van der Waals surface area contributed by atoms with Crippen LogP contribution in [0.4, 0.5) is 4.79 Å². The van der Waals surface area contributed by atoms with Gasteiger partial charge in [-0.25, -0.2) is 4.79 Å². The van der Waals surface area contributed by atoms with Crippen molar-refractivity contribution in [3.8, 4) is 11.5 Å². The van der Waals surface area contributed by atoms with E-state index in [-0.39, 0.29) is 11.5 Å². The van der Waals surface area contributed by atoms with E-state index in [0.29, 0.717) is 16.6 Å². The Kier molecular flexibility index (Phi) is 2.13. The summed E-state index contributed by atoms with van der Waals surface area (Å²) < 4.78 is 10.0. The minimum Gasteiger partial charge on any atom is -0.504 e. The lowest BCUT2D eigenvalue weighted by Crippen LogP contribution is -2.02. The maximum Gasteiger partial charge on any atom is 0.511 e. The van der Waals surface area contributed by atoms with Gasteiger partial charge in [0.05, 0.1) is 0 Å². The molecule has 0 atom stereocenters. The fourth-order valence-electron chi connectivity index (χ4n) is 1.92. The number of carboxylic acid groups (broad SMARTS) is 1. The van der Waals surface area contributed by atoms with Crippen LogP contribution in [0.3, 0.4) is 0 Å². The number of furan rings is 1. The quantitative estimate of drug-likeness (QED) is 0.506. The van der Waals surface area contributed by atoms with Gasteiger partial charge < -0.3 is 19.4 Å². The van der Waals surface area contributed by atoms with E-state index in [1.165, 1.54) is 12.1 Å². The van der Waals surface area contributed by atoms with Crippen molar-refractivity contribution in [3.63, 3.8) is 0 Å². The second-order valence-electron chi connectivity index (χ2n) is 3.78. The van der Waals surface area contributed by atoms with Gasteiger partial charge in [0.15, 0.2) is 11.5 Å². The molecule has 0 spiro atoms. The highest BCUT2D eigenvalue weighted by Crippen LogP contribution is 2.36. The smallest absolute Gasteiger partial charge is 0.504 e. The van der Waals surface area contributed by atoms with Crippen LogP contribution in [-0.4, -0.2) is 16.4 Å². The Bertz CT molecular complexity index is 757. The van der Waals surface area contributed by atoms with E-state index in [1.54, 1.807) is 6.07 Å². The van der Waals surface area contributed by atoms with E-state index in [0.717, 1.165) is 5.39 Å². The molecule has 0 saturated heterocycles. The van der Waals surface area contributed by atoms with Crippen LogP contribution >= 0.6 is 0 Å². The Hall–Kier alpha value is -2.69. The predicted molar refractivity (Wildman–Crippen MR) is 64.0 cm³/mol. The molecule has 0 aliphatic rings.